The second-order valence-corrected chi connectivity index (χ2v) is 8.28. The molecule has 162 valence electrons. The lowest BCUT2D eigenvalue weighted by Gasteiger charge is -2.32. The number of methoxy groups -OCH3 is 2. The van der Waals surface area contributed by atoms with Crippen LogP contribution in [0.5, 0.6) is 11.5 Å². The molecule has 1 aliphatic rings. The van der Waals surface area contributed by atoms with E-state index in [1.807, 2.05) is 18.6 Å². The SMILES string of the molecule is COc1cc(NC(=O)CCC2CCCN(Cc3cnc(SC)nc3)C2)cc(OC)c1. The highest BCUT2D eigenvalue weighted by Crippen LogP contribution is 2.27. The number of anilines is 1. The molecule has 2 aromatic rings. The van der Waals surface area contributed by atoms with Gasteiger partial charge in [0.05, 0.1) is 14.2 Å². The number of carbonyl (C=O) groups excluding carboxylic acids is 1. The zero-order valence-electron chi connectivity index (χ0n) is 17.9. The van der Waals surface area contributed by atoms with E-state index in [1.165, 1.54) is 6.42 Å². The van der Waals surface area contributed by atoms with Crippen LogP contribution in [-0.2, 0) is 11.3 Å². The number of hydrogen-bond acceptors (Lipinski definition) is 7. The molecular weight excluding hydrogens is 400 g/mol. The van der Waals surface area contributed by atoms with Crippen LogP contribution < -0.4 is 14.8 Å². The van der Waals surface area contributed by atoms with Gasteiger partial charge in [0.25, 0.3) is 0 Å². The van der Waals surface area contributed by atoms with Crippen LogP contribution in [0, 0.1) is 5.92 Å². The van der Waals surface area contributed by atoms with E-state index in [9.17, 15) is 4.79 Å². The number of nitrogens with one attached hydrogen (secondary N) is 1. The minimum atomic E-state index is 0.0171. The first-order valence-corrected chi connectivity index (χ1v) is 11.4. The third-order valence-corrected chi connectivity index (χ3v) is 5.86. The highest BCUT2D eigenvalue weighted by atomic mass is 32.2. The molecule has 1 aromatic heterocycles. The molecule has 1 amide bonds. The van der Waals surface area contributed by atoms with E-state index in [-0.39, 0.29) is 5.91 Å². The molecule has 0 saturated carbocycles. The fraction of sp³-hybridized carbons (Fsp3) is 0.500. The molecule has 2 heterocycles. The van der Waals surface area contributed by atoms with E-state index >= 15 is 0 Å². The van der Waals surface area contributed by atoms with Crippen molar-refractivity contribution >= 4 is 23.4 Å². The molecule has 7 nitrogen and oxygen atoms in total. The number of carbonyl (C=O) groups is 1. The number of benzene rings is 1. The molecule has 8 heteroatoms. The summed E-state index contributed by atoms with van der Waals surface area (Å²) < 4.78 is 10.5. The number of piperidine rings is 1. The summed E-state index contributed by atoms with van der Waals surface area (Å²) in [6.07, 6.45) is 9.51. The van der Waals surface area contributed by atoms with E-state index in [4.69, 9.17) is 9.47 Å². The van der Waals surface area contributed by atoms with Crippen LogP contribution in [0.15, 0.2) is 35.7 Å². The normalized spacial score (nSPS) is 16.8. The van der Waals surface area contributed by atoms with Crippen molar-refractivity contribution in [3.8, 4) is 11.5 Å². The van der Waals surface area contributed by atoms with E-state index in [0.29, 0.717) is 29.5 Å². The number of aromatic nitrogens is 2. The van der Waals surface area contributed by atoms with Gasteiger partial charge >= 0.3 is 0 Å². The monoisotopic (exact) mass is 430 g/mol. The van der Waals surface area contributed by atoms with Gasteiger partial charge in [0.1, 0.15) is 11.5 Å². The molecular formula is C22H30N4O3S. The largest absolute Gasteiger partial charge is 0.497 e. The summed E-state index contributed by atoms with van der Waals surface area (Å²) in [5.74, 6) is 1.85. The second kappa shape index (κ2) is 11.2. The predicted molar refractivity (Wildman–Crippen MR) is 119 cm³/mol. The molecule has 1 saturated heterocycles. The van der Waals surface area contributed by atoms with E-state index < -0.39 is 0 Å². The van der Waals surface area contributed by atoms with Crippen molar-refractivity contribution in [2.24, 2.45) is 5.92 Å². The molecule has 1 atom stereocenters. The van der Waals surface area contributed by atoms with Crippen LogP contribution in [-0.4, -0.2) is 54.3 Å². The molecule has 30 heavy (non-hydrogen) atoms. The van der Waals surface area contributed by atoms with Crippen LogP contribution in [0.1, 0.15) is 31.2 Å². The van der Waals surface area contributed by atoms with Gasteiger partial charge in [0.15, 0.2) is 5.16 Å². The summed E-state index contributed by atoms with van der Waals surface area (Å²) in [6.45, 7) is 2.95. The standard InChI is InChI=1S/C22H30N4O3S/c1-28-19-9-18(10-20(11-19)29-2)25-21(27)7-6-16-5-4-8-26(14-16)15-17-12-23-22(30-3)24-13-17/h9-13,16H,4-8,14-15H2,1-3H3,(H,25,27). The number of amides is 1. The molecule has 0 radical (unpaired) electrons. The van der Waals surface area contributed by atoms with Gasteiger partial charge in [0.2, 0.25) is 5.91 Å². The minimum Gasteiger partial charge on any atom is -0.497 e. The number of ether oxygens (including phenoxy) is 2. The summed E-state index contributed by atoms with van der Waals surface area (Å²) in [6, 6.07) is 5.38. The Bertz CT molecular complexity index is 809. The maximum atomic E-state index is 12.5. The van der Waals surface area contributed by atoms with Gasteiger partial charge in [-0.15, -0.1) is 0 Å². The van der Waals surface area contributed by atoms with Gasteiger partial charge in [-0.05, 0) is 38.0 Å². The Labute approximate surface area is 182 Å². The molecule has 1 aromatic carbocycles. The van der Waals surface area contributed by atoms with Gasteiger partial charge in [0, 0.05) is 61.4 Å². The van der Waals surface area contributed by atoms with Crippen molar-refractivity contribution in [2.75, 3.05) is 38.9 Å². The Kier molecular flexibility index (Phi) is 8.33. The maximum absolute atomic E-state index is 12.5. The van der Waals surface area contributed by atoms with Crippen LogP contribution >= 0.6 is 11.8 Å². The van der Waals surface area contributed by atoms with Crippen LogP contribution in [0.25, 0.3) is 0 Å². The number of likely N-dealkylation sites (tertiary alicyclic amines) is 1. The van der Waals surface area contributed by atoms with Crippen molar-refractivity contribution in [3.63, 3.8) is 0 Å². The molecule has 1 unspecified atom stereocenters. The zero-order valence-corrected chi connectivity index (χ0v) is 18.7. The molecule has 1 fully saturated rings. The van der Waals surface area contributed by atoms with Gasteiger partial charge < -0.3 is 14.8 Å². The lowest BCUT2D eigenvalue weighted by Crippen LogP contribution is -2.35. The van der Waals surface area contributed by atoms with Crippen LogP contribution in [0.3, 0.4) is 0 Å². The fourth-order valence-corrected chi connectivity index (χ4v) is 4.07. The van der Waals surface area contributed by atoms with Crippen molar-refractivity contribution in [2.45, 2.75) is 37.4 Å². The summed E-state index contributed by atoms with van der Waals surface area (Å²) in [5.41, 5.74) is 1.83. The molecule has 0 spiro atoms. The minimum absolute atomic E-state index is 0.0171. The van der Waals surface area contributed by atoms with E-state index in [1.54, 1.807) is 44.2 Å². The topological polar surface area (TPSA) is 76.6 Å². The third-order valence-electron chi connectivity index (χ3n) is 5.29. The third kappa shape index (κ3) is 6.60. The fourth-order valence-electron chi connectivity index (χ4n) is 3.76. The Morgan fingerprint density at radius 1 is 1.20 bits per heavy atom. The Morgan fingerprint density at radius 2 is 1.90 bits per heavy atom. The Hall–Kier alpha value is -2.32. The van der Waals surface area contributed by atoms with E-state index in [0.717, 1.165) is 43.2 Å². The second-order valence-electron chi connectivity index (χ2n) is 7.51. The molecule has 0 bridgehead atoms. The van der Waals surface area contributed by atoms with Crippen molar-refractivity contribution < 1.29 is 14.3 Å². The number of hydrogen-bond donors (Lipinski definition) is 1. The van der Waals surface area contributed by atoms with Crippen LogP contribution in [0.4, 0.5) is 5.69 Å². The average molecular weight is 431 g/mol. The van der Waals surface area contributed by atoms with Gasteiger partial charge in [-0.2, -0.15) is 0 Å². The number of thioether (sulfide) groups is 1. The highest BCUT2D eigenvalue weighted by Gasteiger charge is 2.21. The van der Waals surface area contributed by atoms with Crippen molar-refractivity contribution in [3.05, 3.63) is 36.2 Å². The average Bonchev–Trinajstić information content (AvgIpc) is 2.78. The molecule has 1 aliphatic heterocycles. The maximum Gasteiger partial charge on any atom is 0.224 e. The van der Waals surface area contributed by atoms with Gasteiger partial charge in [-0.3, -0.25) is 9.69 Å². The number of nitrogens with zero attached hydrogens (tertiary/aromatic N) is 3. The predicted octanol–water partition coefficient (Wildman–Crippen LogP) is 3.85. The Morgan fingerprint density at radius 3 is 2.53 bits per heavy atom. The van der Waals surface area contributed by atoms with Crippen molar-refractivity contribution in [1.82, 2.24) is 14.9 Å². The summed E-state index contributed by atoms with van der Waals surface area (Å²) >= 11 is 1.55. The first-order valence-electron chi connectivity index (χ1n) is 10.2. The molecule has 1 N–H and O–H groups in total. The molecule has 0 aliphatic carbocycles. The highest BCUT2D eigenvalue weighted by molar-refractivity contribution is 7.98. The number of rotatable bonds is 9. The smallest absolute Gasteiger partial charge is 0.224 e. The van der Waals surface area contributed by atoms with Crippen molar-refractivity contribution in [1.29, 1.82) is 0 Å². The summed E-state index contributed by atoms with van der Waals surface area (Å²) in [7, 11) is 3.19. The lowest BCUT2D eigenvalue weighted by molar-refractivity contribution is -0.116. The first-order chi connectivity index (χ1) is 14.6. The van der Waals surface area contributed by atoms with Gasteiger partial charge in [-0.1, -0.05) is 11.8 Å². The first kappa shape index (κ1) is 22.4. The zero-order chi connectivity index (χ0) is 21.3. The molecule has 3 rings (SSSR count). The van der Waals surface area contributed by atoms with Gasteiger partial charge in [-0.25, -0.2) is 9.97 Å². The lowest BCUT2D eigenvalue weighted by atomic mass is 9.93. The van der Waals surface area contributed by atoms with Crippen LogP contribution in [0.2, 0.25) is 0 Å². The summed E-state index contributed by atoms with van der Waals surface area (Å²) in [4.78, 5) is 23.6. The quantitative estimate of drug-likeness (QED) is 0.478. The Balaban J connectivity index is 1.47. The van der Waals surface area contributed by atoms with E-state index in [2.05, 4.69) is 20.2 Å². The summed E-state index contributed by atoms with van der Waals surface area (Å²) in [5, 5.41) is 3.76.